The quantitative estimate of drug-likeness (QED) is 0.0849. The molecule has 22 nitrogen and oxygen atoms in total. The van der Waals surface area contributed by atoms with Crippen molar-refractivity contribution < 1.29 is 107 Å². The molecule has 2 amide bonds. The van der Waals surface area contributed by atoms with Crippen molar-refractivity contribution >= 4 is 26.4 Å². The molecule has 681 valence electrons. The average molecular weight is 1770 g/mol. The van der Waals surface area contributed by atoms with Gasteiger partial charge in [0.25, 0.3) is 0 Å². The summed E-state index contributed by atoms with van der Waals surface area (Å²) < 4.78 is 72.7. The number of fused-ring (bicyclic) bond motifs is 14. The van der Waals surface area contributed by atoms with Gasteiger partial charge in [-0.1, -0.05) is 194 Å². The standard InChI is InChI=1S/C24H27FN2O3.C23H25FN2O3.3C14H19NO2.C14H17NO2.B.Na.H/c1-26-12-18-14-29-15-19(13-26)23(18)30-24(28)27-11-10-16-4-2-3-5-21(16)22(27)17-6-8-20(25)9-7-17;24-19-7-5-16(6-8-19)21-20-4-2-1-3-15(20)9-10-26(21)23(27)29-22-17-11-25-12-18(22)14-28-13-17;4*16-14-12-7-15(8-13(14)10-17-9-12)6-11-4-2-1-3-5-11;;;/h2-9,18-19,22-23H,10-15H2,1H3;1-8,17-18,21-22,25H,9-14H2;3*1-5,12-14,16H,6-10H2;1-5,12-13H,6-10H2;;;/q;;;;;;;+1;-1/t18-,19-,22+;17-,18-,21+;3*12-,13-;;;;/m11110..../s1. The molecule has 14 aliphatic heterocycles. The summed E-state index contributed by atoms with van der Waals surface area (Å²) >= 11 is 0. The van der Waals surface area contributed by atoms with Crippen molar-refractivity contribution in [1.82, 2.24) is 39.6 Å². The number of nitrogens with one attached hydrogen (secondary N) is 1. The molecule has 22 rings (SSSR count). The number of hydrogen-bond acceptors (Lipinski definition) is 20. The van der Waals surface area contributed by atoms with E-state index in [4.69, 9.17) is 37.9 Å². The fourth-order valence-corrected chi connectivity index (χ4v) is 21.9. The van der Waals surface area contributed by atoms with Crippen LogP contribution in [0.15, 0.2) is 218 Å². The maximum atomic E-state index is 13.6. The van der Waals surface area contributed by atoms with E-state index in [-0.39, 0.29) is 141 Å². The van der Waals surface area contributed by atoms with E-state index in [1.165, 1.54) is 57.6 Å². The molecule has 4 N–H and O–H groups in total. The molecule has 14 heterocycles. The third-order valence-electron chi connectivity index (χ3n) is 28.2. The van der Waals surface area contributed by atoms with E-state index in [9.17, 15) is 38.5 Å². The molecule has 12 saturated heterocycles. The van der Waals surface area contributed by atoms with E-state index in [1.54, 1.807) is 29.2 Å². The van der Waals surface area contributed by atoms with Crippen LogP contribution < -0.4 is 34.9 Å². The number of piperidine rings is 6. The van der Waals surface area contributed by atoms with Crippen molar-refractivity contribution in [3.05, 3.63) is 286 Å². The summed E-state index contributed by atoms with van der Waals surface area (Å²) in [6, 6.07) is 70.7. The maximum Gasteiger partial charge on any atom is 1.00 e. The van der Waals surface area contributed by atoms with E-state index in [1.807, 2.05) is 53.4 Å². The number of benzene rings is 8. The molecule has 26 heteroatoms. The molecule has 0 aliphatic carbocycles. The van der Waals surface area contributed by atoms with Gasteiger partial charge in [-0.15, -0.1) is 0 Å². The predicted octanol–water partition coefficient (Wildman–Crippen LogP) is 8.08. The smallest absolute Gasteiger partial charge is 1.00 e. The summed E-state index contributed by atoms with van der Waals surface area (Å²) in [5.74, 6) is 2.62. The second kappa shape index (κ2) is 46.3. The van der Waals surface area contributed by atoms with E-state index in [0.717, 1.165) is 140 Å². The van der Waals surface area contributed by atoms with Gasteiger partial charge in [-0.2, -0.15) is 0 Å². The van der Waals surface area contributed by atoms with Crippen molar-refractivity contribution in [2.75, 3.05) is 178 Å². The van der Waals surface area contributed by atoms with Crippen LogP contribution >= 0.6 is 0 Å². The van der Waals surface area contributed by atoms with Crippen molar-refractivity contribution in [3.8, 4) is 0 Å². The number of carbonyl (C=O) groups excluding carboxylic acids is 3. The number of aliphatic hydroxyl groups is 3. The van der Waals surface area contributed by atoms with Crippen LogP contribution in [-0.2, 0) is 81.7 Å². The number of amides is 2. The number of likely N-dealkylation sites (tertiary alicyclic amines) is 5. The van der Waals surface area contributed by atoms with Crippen molar-refractivity contribution in [2.24, 2.45) is 71.0 Å². The van der Waals surface area contributed by atoms with Crippen molar-refractivity contribution in [3.63, 3.8) is 0 Å². The number of halogens is 2. The van der Waals surface area contributed by atoms with Gasteiger partial charge in [0, 0.05) is 185 Å². The Hall–Kier alpha value is -7.71. The fourth-order valence-electron chi connectivity index (χ4n) is 21.9. The Bertz CT molecular complexity index is 4570. The zero-order chi connectivity index (χ0) is 87.1. The molecule has 12 bridgehead atoms. The number of Topliss-reactive ketones (excluding diaryl/α,β-unsaturated/α-hetero) is 1. The number of ether oxygens (including phenoxy) is 8. The summed E-state index contributed by atoms with van der Waals surface area (Å²) in [6.45, 7) is 23.8. The normalized spacial score (nSPS) is 30.2. The number of aliphatic hydroxyl groups excluding tert-OH is 3. The van der Waals surface area contributed by atoms with Gasteiger partial charge < -0.3 is 64.9 Å². The first kappa shape index (κ1) is 95.9. The minimum absolute atomic E-state index is 0. The van der Waals surface area contributed by atoms with E-state index >= 15 is 0 Å². The Kier molecular flexibility index (Phi) is 34.4. The van der Waals surface area contributed by atoms with E-state index in [0.29, 0.717) is 134 Å². The summed E-state index contributed by atoms with van der Waals surface area (Å²) in [5, 5.41) is 33.6. The average Bonchev–Trinajstić information content (AvgIpc) is 0.757. The molecule has 14 atom stereocenters. The van der Waals surface area contributed by atoms with Crippen LogP contribution in [0.4, 0.5) is 18.4 Å². The van der Waals surface area contributed by atoms with Gasteiger partial charge in [0.15, 0.2) is 0 Å². The van der Waals surface area contributed by atoms with E-state index in [2.05, 4.69) is 158 Å². The van der Waals surface area contributed by atoms with Crippen LogP contribution in [0.3, 0.4) is 0 Å². The van der Waals surface area contributed by atoms with Gasteiger partial charge in [0.2, 0.25) is 0 Å². The van der Waals surface area contributed by atoms with Gasteiger partial charge in [-0.05, 0) is 99.8 Å². The molecule has 0 aromatic heterocycles. The minimum atomic E-state index is -0.294. The number of rotatable bonds is 12. The van der Waals surface area contributed by atoms with Crippen LogP contribution in [0.2, 0.25) is 0 Å². The summed E-state index contributed by atoms with van der Waals surface area (Å²) in [6.07, 6.45) is 0.277. The van der Waals surface area contributed by atoms with Crippen LogP contribution in [0.1, 0.15) is 69.1 Å². The molecule has 14 aliphatic rings. The molecule has 3 radical (unpaired) electrons. The number of nitrogens with zero attached hydrogens (tertiary/aromatic N) is 7. The SMILES string of the molecule is CN1C[C@@H]2COC[C@@H](C1)C2OC(=O)N1CCc2ccccc2[C@@H]1c1ccc(F)cc1.O=C(OC1[C@@H]2CNC[C@@H]1COC2)N1CCc2ccccc2[C@@H]1c1ccc(F)cc1.O=C1C2COCC1CN(Cc1ccccc1)C2.OC1[C@@H]2COC[C@@H]1CN(Cc1ccccc1)C2.OC1[C@H]2COC[C@H]1CN(Cc1ccccc1)C2.OC1[C@H]2COC[C@H]1CN(Cc1ccccc1)C2.[B].[H-].[Na+]. The summed E-state index contributed by atoms with van der Waals surface area (Å²) in [5.41, 5.74) is 11.8. The molecule has 2 unspecified atom stereocenters. The van der Waals surface area contributed by atoms with Crippen molar-refractivity contribution in [1.29, 1.82) is 0 Å². The van der Waals surface area contributed by atoms with Crippen LogP contribution in [0.5, 0.6) is 0 Å². The van der Waals surface area contributed by atoms with E-state index < -0.39 is 0 Å². The largest absolute Gasteiger partial charge is 1.00 e. The van der Waals surface area contributed by atoms with Gasteiger partial charge >= 0.3 is 41.7 Å². The number of hydrogen-bond donors (Lipinski definition) is 4. The summed E-state index contributed by atoms with van der Waals surface area (Å²) in [7, 11) is 2.11. The fraction of sp³-hybridized carbons (Fsp3) is 0.505. The van der Waals surface area contributed by atoms with Gasteiger partial charge in [-0.3, -0.25) is 34.2 Å². The van der Waals surface area contributed by atoms with Crippen LogP contribution in [-0.4, -0.2) is 284 Å². The third-order valence-corrected chi connectivity index (χ3v) is 28.2. The van der Waals surface area contributed by atoms with Gasteiger partial charge in [0.05, 0.1) is 122 Å². The number of carbonyl (C=O) groups is 3. The Morgan fingerprint density at radius 1 is 0.372 bits per heavy atom. The predicted molar refractivity (Wildman–Crippen MR) is 485 cm³/mol. The first-order valence-corrected chi connectivity index (χ1v) is 46.2. The molecule has 129 heavy (non-hydrogen) atoms. The maximum absolute atomic E-state index is 13.6. The molecular formula is C103H127BF2N8NaO14. The van der Waals surface area contributed by atoms with Crippen LogP contribution in [0.25, 0.3) is 0 Å². The van der Waals surface area contributed by atoms with Gasteiger partial charge in [0.1, 0.15) is 29.6 Å². The Morgan fingerprint density at radius 3 is 0.984 bits per heavy atom. The molecule has 12 fully saturated rings. The monoisotopic (exact) mass is 1770 g/mol. The Labute approximate surface area is 784 Å². The topological polar surface area (TPSA) is 220 Å². The zero-order valence-electron chi connectivity index (χ0n) is 75.7. The molecule has 0 spiro atoms. The Balaban J connectivity index is 0.000000128. The Morgan fingerprint density at radius 2 is 0.651 bits per heavy atom. The number of ketones is 1. The molecule has 0 saturated carbocycles. The van der Waals surface area contributed by atoms with Gasteiger partial charge in [-0.25, -0.2) is 18.4 Å². The minimum Gasteiger partial charge on any atom is -1.00 e. The van der Waals surface area contributed by atoms with Crippen molar-refractivity contribution in [2.45, 2.75) is 81.6 Å². The molecule has 8 aromatic carbocycles. The van der Waals surface area contributed by atoms with Crippen LogP contribution in [0, 0.1) is 82.6 Å². The zero-order valence-corrected chi connectivity index (χ0v) is 76.7. The molecular weight excluding hydrogens is 1640 g/mol. The summed E-state index contributed by atoms with van der Waals surface area (Å²) in [4.78, 5) is 54.3. The second-order valence-corrected chi connectivity index (χ2v) is 37.6. The second-order valence-electron chi connectivity index (χ2n) is 37.6. The molecule has 8 aromatic rings. The first-order chi connectivity index (χ1) is 62.1. The first-order valence-electron chi connectivity index (χ1n) is 46.2. The third kappa shape index (κ3) is 24.5.